The van der Waals surface area contributed by atoms with Crippen molar-refractivity contribution in [3.63, 3.8) is 0 Å². The fourth-order valence-corrected chi connectivity index (χ4v) is 8.30. The summed E-state index contributed by atoms with van der Waals surface area (Å²) in [6, 6.07) is -2.36. The Kier molecular flexibility index (Phi) is 30.1. The number of H-pyrrole nitrogens is 1. The normalized spacial score (nSPS) is 14.4. The number of carbonyl (C=O) groups excluding carboxylic acids is 8. The Morgan fingerprint density at radius 1 is 0.556 bits per heavy atom. The Morgan fingerprint density at radius 2 is 1.02 bits per heavy atom. The lowest BCUT2D eigenvalue weighted by Crippen LogP contribution is -2.60. The molecule has 0 aliphatic heterocycles. The number of hydrogen-bond donors (Lipinski definition) is 17. The SMILES string of the molecule is CC[C@H](C)[C@H](NC(=O)[C@H](C)NC(=O)[C@H](CC(C)C)NC(=O)[C@H](Cc1c[nH]c2ccccc12)NC(=O)[C@H](CC(C)C)NC(=O)[C@@H](N)CCCN=C(N)N)C(=O)NCC(=O)N[C@@H](CCCN=C(N)N)C(=O)N[C@@H](CCCN=C(N)N)C(=O)O. The molecule has 8 amide bonds. The highest BCUT2D eigenvalue weighted by atomic mass is 16.4. The highest BCUT2D eigenvalue weighted by Crippen LogP contribution is 2.20. The summed E-state index contributed by atoms with van der Waals surface area (Å²) in [5.74, 6) is -8.48. The maximum absolute atomic E-state index is 14.5. The Labute approximate surface area is 472 Å². The first-order chi connectivity index (χ1) is 38.1. The van der Waals surface area contributed by atoms with Crippen LogP contribution in [0.3, 0.4) is 0 Å². The summed E-state index contributed by atoms with van der Waals surface area (Å²) in [5.41, 5.74) is 40.0. The standard InChI is InChI=1S/C52H89N19O10/c1-8-29(6)41(48(79)64-26-40(72)66-35(17-12-20-61-51(56)57)44(75)67-36(49(80)81)18-13-21-62-52(58)59)71-42(73)30(7)65-45(76)37(22-27(2)3)69-47(78)39(24-31-25-63-34-16-10-9-14-32(31)34)70-46(77)38(23-28(4)5)68-43(74)33(53)15-11-19-60-50(54)55/h9-10,14,16,25,27-30,33,35-39,41,63H,8,11-13,15,17-24,26,53H2,1-7H3,(H,64,79)(H,65,76)(H,66,72)(H,67,75)(H,68,74)(H,69,78)(H,70,77)(H,71,73)(H,80,81)(H4,54,55,60)(H4,56,57,61)(H4,58,59,62)/t29-,30-,33-,35-,36-,37-,38-,39-,41-/m0/s1. The van der Waals surface area contributed by atoms with Crippen LogP contribution in [0, 0.1) is 17.8 Å². The van der Waals surface area contributed by atoms with E-state index in [2.05, 4.69) is 62.5 Å². The first kappa shape index (κ1) is 68.9. The molecule has 0 radical (unpaired) electrons. The molecule has 0 unspecified atom stereocenters. The monoisotopic (exact) mass is 1140 g/mol. The molecule has 0 aliphatic rings. The van der Waals surface area contributed by atoms with Crippen LogP contribution >= 0.6 is 0 Å². The van der Waals surface area contributed by atoms with Gasteiger partial charge >= 0.3 is 5.97 Å². The first-order valence-corrected chi connectivity index (χ1v) is 27.2. The van der Waals surface area contributed by atoms with Gasteiger partial charge in [-0.15, -0.1) is 0 Å². The average Bonchev–Trinajstić information content (AvgIpc) is 3.80. The third-order valence-electron chi connectivity index (χ3n) is 12.8. The Bertz CT molecular complexity index is 2500. The van der Waals surface area contributed by atoms with E-state index in [0.717, 1.165) is 10.9 Å². The number of carboxylic acids is 1. The number of benzene rings is 1. The molecule has 0 fully saturated rings. The summed E-state index contributed by atoms with van der Waals surface area (Å²) >= 11 is 0. The fraction of sp³-hybridized carbons (Fsp3) is 0.615. The Morgan fingerprint density at radius 3 is 1.56 bits per heavy atom. The van der Waals surface area contributed by atoms with Gasteiger partial charge < -0.3 is 92.8 Å². The summed E-state index contributed by atoms with van der Waals surface area (Å²) in [5, 5.41) is 31.6. The molecular formula is C52H89N19O10. The van der Waals surface area contributed by atoms with Gasteiger partial charge in [0.05, 0.1) is 12.6 Å². The fourth-order valence-electron chi connectivity index (χ4n) is 8.30. The number of carbonyl (C=O) groups is 9. The van der Waals surface area contributed by atoms with Gasteiger partial charge in [0.2, 0.25) is 47.3 Å². The van der Waals surface area contributed by atoms with E-state index in [1.807, 2.05) is 52.0 Å². The van der Waals surface area contributed by atoms with Gasteiger partial charge in [-0.1, -0.05) is 66.2 Å². The number of nitrogens with two attached hydrogens (primary N) is 7. The molecule has 29 nitrogen and oxygen atoms in total. The smallest absolute Gasteiger partial charge is 0.326 e. The minimum Gasteiger partial charge on any atom is -0.480 e. The highest BCUT2D eigenvalue weighted by molar-refractivity contribution is 5.98. The molecule has 1 aromatic carbocycles. The lowest BCUT2D eigenvalue weighted by Gasteiger charge is -2.28. The topological polar surface area (TPSA) is 505 Å². The van der Waals surface area contributed by atoms with Crippen molar-refractivity contribution in [1.82, 2.24) is 47.5 Å². The van der Waals surface area contributed by atoms with E-state index < -0.39 is 114 Å². The minimum atomic E-state index is -1.35. The van der Waals surface area contributed by atoms with Gasteiger partial charge in [0.15, 0.2) is 17.9 Å². The largest absolute Gasteiger partial charge is 0.480 e. The average molecular weight is 1140 g/mol. The second-order valence-corrected chi connectivity index (χ2v) is 20.8. The molecule has 2 rings (SSSR count). The zero-order valence-corrected chi connectivity index (χ0v) is 47.6. The van der Waals surface area contributed by atoms with Crippen LogP contribution in [0.5, 0.6) is 0 Å². The van der Waals surface area contributed by atoms with Gasteiger partial charge in [-0.25, -0.2) is 4.79 Å². The molecule has 1 heterocycles. The van der Waals surface area contributed by atoms with Gasteiger partial charge in [0, 0.05) is 43.2 Å². The van der Waals surface area contributed by atoms with Crippen LogP contribution in [0.15, 0.2) is 45.4 Å². The molecule has 0 spiro atoms. The quantitative estimate of drug-likeness (QED) is 0.0182. The van der Waals surface area contributed by atoms with Crippen molar-refractivity contribution in [3.8, 4) is 0 Å². The lowest BCUT2D eigenvalue weighted by molar-refractivity contribution is -0.142. The molecule has 0 saturated carbocycles. The molecule has 29 heteroatoms. The van der Waals surface area contributed by atoms with Crippen molar-refractivity contribution in [1.29, 1.82) is 0 Å². The van der Waals surface area contributed by atoms with E-state index in [9.17, 15) is 48.3 Å². The van der Waals surface area contributed by atoms with Crippen LogP contribution in [-0.2, 0) is 49.6 Å². The number of aromatic nitrogens is 1. The molecular weight excluding hydrogens is 1050 g/mol. The van der Waals surface area contributed by atoms with Crippen molar-refractivity contribution in [2.24, 2.45) is 72.9 Å². The summed E-state index contributed by atoms with van der Waals surface area (Å²) in [7, 11) is 0. The number of nitrogens with one attached hydrogen (secondary N) is 9. The molecule has 0 bridgehead atoms. The lowest BCUT2D eigenvalue weighted by atomic mass is 9.97. The van der Waals surface area contributed by atoms with Gasteiger partial charge in [0.1, 0.15) is 42.3 Å². The number of fused-ring (bicyclic) bond motifs is 1. The van der Waals surface area contributed by atoms with Crippen LogP contribution < -0.4 is 82.7 Å². The number of aliphatic carboxylic acids is 1. The van der Waals surface area contributed by atoms with Gasteiger partial charge in [-0.05, 0) is 87.7 Å². The van der Waals surface area contributed by atoms with E-state index in [1.54, 1.807) is 20.0 Å². The Hall–Kier alpha value is -8.24. The second-order valence-electron chi connectivity index (χ2n) is 20.8. The number of rotatable bonds is 37. The molecule has 9 atom stereocenters. The third-order valence-corrected chi connectivity index (χ3v) is 12.8. The molecule has 2 aromatic rings. The molecule has 0 saturated heterocycles. The van der Waals surface area contributed by atoms with Gasteiger partial charge in [-0.2, -0.15) is 0 Å². The minimum absolute atomic E-state index is 0.0247. The number of amides is 8. The zero-order chi connectivity index (χ0) is 60.9. The van der Waals surface area contributed by atoms with Gasteiger partial charge in [0.25, 0.3) is 0 Å². The van der Waals surface area contributed by atoms with Crippen molar-refractivity contribution in [3.05, 3.63) is 36.0 Å². The van der Waals surface area contributed by atoms with Crippen molar-refractivity contribution in [2.45, 2.75) is 161 Å². The van der Waals surface area contributed by atoms with Crippen molar-refractivity contribution < 1.29 is 48.3 Å². The number of guanidine groups is 3. The summed E-state index contributed by atoms with van der Waals surface area (Å²) in [4.78, 5) is 137. The molecule has 1 aromatic heterocycles. The number of hydrogen-bond acceptors (Lipinski definition) is 13. The Balaban J connectivity index is 2.29. The van der Waals surface area contributed by atoms with Crippen LogP contribution in [0.1, 0.15) is 112 Å². The highest BCUT2D eigenvalue weighted by Gasteiger charge is 2.34. The van der Waals surface area contributed by atoms with Crippen molar-refractivity contribution >= 4 is 82.0 Å². The zero-order valence-electron chi connectivity index (χ0n) is 47.6. The summed E-state index contributed by atoms with van der Waals surface area (Å²) in [6.07, 6.45) is 3.34. The maximum Gasteiger partial charge on any atom is 0.326 e. The molecule has 452 valence electrons. The summed E-state index contributed by atoms with van der Waals surface area (Å²) in [6.45, 7) is 12.0. The molecule has 81 heavy (non-hydrogen) atoms. The van der Waals surface area contributed by atoms with E-state index in [0.29, 0.717) is 18.4 Å². The maximum atomic E-state index is 14.5. The summed E-state index contributed by atoms with van der Waals surface area (Å²) < 4.78 is 0. The second kappa shape index (κ2) is 35.4. The van der Waals surface area contributed by atoms with Crippen molar-refractivity contribution in [2.75, 3.05) is 26.2 Å². The molecule has 24 N–H and O–H groups in total. The van der Waals surface area contributed by atoms with Crippen LogP contribution in [0.2, 0.25) is 0 Å². The first-order valence-electron chi connectivity index (χ1n) is 27.2. The van der Waals surface area contributed by atoms with Gasteiger partial charge in [-0.3, -0.25) is 53.3 Å². The van der Waals surface area contributed by atoms with Crippen LogP contribution in [0.4, 0.5) is 0 Å². The predicted molar refractivity (Wildman–Crippen MR) is 308 cm³/mol. The number of aliphatic imine (C=N–C) groups is 3. The molecule has 0 aliphatic carbocycles. The predicted octanol–water partition coefficient (Wildman–Crippen LogP) is -3.05. The van der Waals surface area contributed by atoms with Crippen LogP contribution in [-0.4, -0.2) is 156 Å². The number of para-hydroxylation sites is 1. The van der Waals surface area contributed by atoms with E-state index in [-0.39, 0.29) is 101 Å². The number of nitrogens with zero attached hydrogens (tertiary/aromatic N) is 3. The van der Waals surface area contributed by atoms with Crippen LogP contribution in [0.25, 0.3) is 10.9 Å². The number of aromatic amines is 1. The van der Waals surface area contributed by atoms with E-state index >= 15 is 0 Å². The van der Waals surface area contributed by atoms with E-state index in [4.69, 9.17) is 40.1 Å². The van der Waals surface area contributed by atoms with E-state index in [1.165, 1.54) is 6.92 Å². The third kappa shape index (κ3) is 26.1. The number of carboxylic acid groups (broad SMARTS) is 1.